The fourth-order valence-electron chi connectivity index (χ4n) is 5.36. The highest BCUT2D eigenvalue weighted by Crippen LogP contribution is 2.58. The number of thiol groups is 1. The van der Waals surface area contributed by atoms with Crippen molar-refractivity contribution >= 4 is 67.9 Å². The van der Waals surface area contributed by atoms with Crippen molar-refractivity contribution in [3.05, 3.63) is 31.2 Å². The molecule has 7 rings (SSSR count). The van der Waals surface area contributed by atoms with Crippen LogP contribution in [0.1, 0.15) is 12.5 Å². The van der Waals surface area contributed by atoms with Gasteiger partial charge in [0.2, 0.25) is 0 Å². The van der Waals surface area contributed by atoms with Gasteiger partial charge >= 0.3 is 6.80 Å². The van der Waals surface area contributed by atoms with Crippen LogP contribution in [-0.4, -0.2) is 91.6 Å². The molecule has 1 unspecified atom stereocenters. The number of imidazole rings is 2. The lowest BCUT2D eigenvalue weighted by molar-refractivity contribution is -0.0546. The quantitative estimate of drug-likeness (QED) is 0.156. The Morgan fingerprint density at radius 3 is 2.14 bits per heavy atom. The van der Waals surface area contributed by atoms with Crippen molar-refractivity contribution < 1.29 is 45.5 Å². The average Bonchev–Trinajstić information content (AvgIpc) is 3.73. The highest BCUT2D eigenvalue weighted by atomic mass is 32.7. The molecule has 0 aromatic carbocycles. The summed E-state index contributed by atoms with van der Waals surface area (Å²) in [7, 11) is -2.95. The van der Waals surface area contributed by atoms with Crippen LogP contribution < -0.4 is 11.5 Å². The van der Waals surface area contributed by atoms with Crippen molar-refractivity contribution in [2.75, 3.05) is 24.7 Å². The Balaban J connectivity index is 1.17. The van der Waals surface area contributed by atoms with E-state index in [4.69, 9.17) is 39.0 Å². The van der Waals surface area contributed by atoms with Gasteiger partial charge in [0.05, 0.1) is 31.6 Å². The van der Waals surface area contributed by atoms with Crippen LogP contribution in [0.15, 0.2) is 31.2 Å². The minimum absolute atomic E-state index is 0.0654. The second-order valence-electron chi connectivity index (χ2n) is 10.3. The summed E-state index contributed by atoms with van der Waals surface area (Å²) >= 11 is 4.02. The third-order valence-electron chi connectivity index (χ3n) is 7.40. The number of ether oxygens (including phenoxy) is 2. The number of aromatic nitrogens is 7. The van der Waals surface area contributed by atoms with Gasteiger partial charge in [0, 0.05) is 6.20 Å². The van der Waals surface area contributed by atoms with E-state index in [0.29, 0.717) is 11.2 Å². The Morgan fingerprint density at radius 2 is 1.45 bits per heavy atom. The number of anilines is 2. The van der Waals surface area contributed by atoms with E-state index in [0.717, 1.165) is 7.57 Å². The standard InChI is InChI=1S/C21H24BF2N9O8P2S/c22-42(34)36-3-9-16(12(24)21(38-9)32-6-30-13-8(25)1-2-27-18(13)32)41-43(35,44)37-4-10-15(40-42)11(23)20(39-10)33-7-31-14-17(26)28-5-29-19(14)33/h1-2,5-7,9-12,15-16,20-21H,3-4,22H2,(H2,25,27)(H,35,44)(H2,26,28,29)/t9-,10-,11-,12-,15-,16-,20-,21?,42+,43-/m1/s1. The van der Waals surface area contributed by atoms with Crippen molar-refractivity contribution in [1.29, 1.82) is 0 Å². The molecule has 23 heteroatoms. The molecule has 10 atom stereocenters. The molecular formula is C21H24BF2N9O8P2S. The summed E-state index contributed by atoms with van der Waals surface area (Å²) in [6, 6.07) is 1.53. The second-order valence-corrected chi connectivity index (χ2v) is 15.2. The van der Waals surface area contributed by atoms with Gasteiger partial charge < -0.3 is 30.0 Å². The predicted molar refractivity (Wildman–Crippen MR) is 154 cm³/mol. The third-order valence-corrected chi connectivity index (χ3v) is 10.3. The van der Waals surface area contributed by atoms with E-state index in [1.165, 1.54) is 40.4 Å². The molecule has 0 spiro atoms. The zero-order valence-electron chi connectivity index (χ0n) is 22.6. The first-order valence-electron chi connectivity index (χ1n) is 13.1. The molecule has 7 heterocycles. The predicted octanol–water partition coefficient (Wildman–Crippen LogP) is 1.50. The summed E-state index contributed by atoms with van der Waals surface area (Å²) < 4.78 is 95.2. The lowest BCUT2D eigenvalue weighted by Crippen LogP contribution is -2.37. The van der Waals surface area contributed by atoms with Gasteiger partial charge in [-0.2, -0.15) is 0 Å². The minimum Gasteiger partial charge on any atom is -0.397 e. The van der Waals surface area contributed by atoms with E-state index in [2.05, 4.69) is 37.2 Å². The van der Waals surface area contributed by atoms with E-state index >= 15 is 8.78 Å². The normalized spacial score (nSPS) is 38.2. The highest BCUT2D eigenvalue weighted by molar-refractivity contribution is 8.44. The van der Waals surface area contributed by atoms with Crippen LogP contribution in [0.5, 0.6) is 0 Å². The van der Waals surface area contributed by atoms with Crippen molar-refractivity contribution in [3.8, 4) is 0 Å². The number of rotatable bonds is 2. The maximum atomic E-state index is 16.0. The third kappa shape index (κ3) is 5.19. The smallest absolute Gasteiger partial charge is 0.386 e. The topological polar surface area (TPSA) is 216 Å². The summed E-state index contributed by atoms with van der Waals surface area (Å²) in [5.41, 5.74) is 13.0. The molecule has 0 amide bonds. The molecule has 0 bridgehead atoms. The van der Waals surface area contributed by atoms with Gasteiger partial charge in [-0.1, -0.05) is 12.2 Å². The first-order chi connectivity index (χ1) is 20.9. The van der Waals surface area contributed by atoms with E-state index in [1.54, 1.807) is 0 Å². The molecule has 0 radical (unpaired) electrons. The van der Waals surface area contributed by atoms with Gasteiger partial charge in [-0.25, -0.2) is 38.3 Å². The van der Waals surface area contributed by atoms with Gasteiger partial charge in [-0.05, 0) is 6.07 Å². The number of nitrogens with zero attached hydrogens (tertiary/aromatic N) is 7. The van der Waals surface area contributed by atoms with Crippen LogP contribution in [0.4, 0.5) is 20.3 Å². The summed E-state index contributed by atoms with van der Waals surface area (Å²) in [5.74, 6) is 0.0654. The lowest BCUT2D eigenvalue weighted by Gasteiger charge is -2.29. The zero-order chi connectivity index (χ0) is 31.0. The van der Waals surface area contributed by atoms with E-state index in [1.807, 2.05) is 0 Å². The number of alkyl halides is 2. The fourth-order valence-corrected chi connectivity index (χ4v) is 8.02. The molecule has 4 N–H and O–H groups in total. The van der Waals surface area contributed by atoms with Crippen LogP contribution in [0.2, 0.25) is 0 Å². The number of nitrogens with two attached hydrogens (primary N) is 2. The first kappa shape index (κ1) is 29.9. The molecule has 44 heavy (non-hydrogen) atoms. The van der Waals surface area contributed by atoms with E-state index in [9.17, 15) is 9.13 Å². The van der Waals surface area contributed by atoms with Crippen LogP contribution in [0.3, 0.4) is 0 Å². The van der Waals surface area contributed by atoms with E-state index < -0.39 is 76.7 Å². The number of fused-ring (bicyclic) bond motifs is 4. The Morgan fingerprint density at radius 1 is 0.864 bits per heavy atom. The zero-order valence-corrected chi connectivity index (χ0v) is 25.3. The molecule has 3 aliphatic heterocycles. The van der Waals surface area contributed by atoms with Crippen molar-refractivity contribution in [1.82, 2.24) is 34.1 Å². The first-order valence-corrected chi connectivity index (χ1v) is 17.8. The number of hydrogen-bond donors (Lipinski definition) is 3. The number of halogens is 2. The fraction of sp³-hybridized carbons (Fsp3) is 0.476. The molecular weight excluding hydrogens is 649 g/mol. The molecule has 17 nitrogen and oxygen atoms in total. The van der Waals surface area contributed by atoms with Crippen LogP contribution in [-0.2, 0) is 36.7 Å². The summed E-state index contributed by atoms with van der Waals surface area (Å²) in [4.78, 5) is 20.4. The Hall–Kier alpha value is -2.74. The second kappa shape index (κ2) is 11.0. The van der Waals surface area contributed by atoms with Crippen LogP contribution >= 0.6 is 26.5 Å². The minimum atomic E-state index is -4.36. The summed E-state index contributed by atoms with van der Waals surface area (Å²) in [6.07, 6.45) is -7.32. The Labute approximate surface area is 252 Å². The van der Waals surface area contributed by atoms with Crippen LogP contribution in [0, 0.1) is 0 Å². The molecule has 3 aliphatic rings. The number of hydrogen-bond acceptors (Lipinski definition) is 15. The molecule has 0 saturated carbocycles. The monoisotopic (exact) mass is 673 g/mol. The molecule has 0 aliphatic carbocycles. The maximum Gasteiger partial charge on any atom is 0.386 e. The number of nitrogen functional groups attached to an aromatic ring is 2. The van der Waals surface area contributed by atoms with Crippen molar-refractivity contribution in [2.24, 2.45) is 0 Å². The maximum absolute atomic E-state index is 16.0. The van der Waals surface area contributed by atoms with Gasteiger partial charge in [-0.15, -0.1) is 0 Å². The highest BCUT2D eigenvalue weighted by Gasteiger charge is 2.54. The largest absolute Gasteiger partial charge is 0.397 e. The molecule has 3 fully saturated rings. The Bertz CT molecular complexity index is 1710. The van der Waals surface area contributed by atoms with Crippen molar-refractivity contribution in [2.45, 2.75) is 49.2 Å². The van der Waals surface area contributed by atoms with Gasteiger partial charge in [0.25, 0.3) is 15.0 Å². The molecule has 4 aromatic rings. The SMILES string of the molecule is B[P@]1(=O)OC[C@H]2OC(n3cnc4c(N)ccnc43)[C@H](F)[C@@H]2O[P@](=O)(S)OC[C@H]2O[C@@H](n3cnc4c(N)ncnc43)[C@H](F)[C@@H]2O1. The van der Waals surface area contributed by atoms with Gasteiger partial charge in [0.1, 0.15) is 41.8 Å². The van der Waals surface area contributed by atoms with Gasteiger partial charge in [-0.3, -0.25) is 22.7 Å². The molecule has 4 aromatic heterocycles. The van der Waals surface area contributed by atoms with Gasteiger partial charge in [0.15, 0.2) is 41.9 Å². The van der Waals surface area contributed by atoms with E-state index in [-0.39, 0.29) is 22.6 Å². The number of pyridine rings is 1. The molecule has 3 saturated heterocycles. The van der Waals surface area contributed by atoms with Crippen molar-refractivity contribution in [3.63, 3.8) is 0 Å². The average molecular weight is 673 g/mol. The molecule has 234 valence electrons. The van der Waals surface area contributed by atoms with Crippen LogP contribution in [0.25, 0.3) is 22.3 Å². The summed E-state index contributed by atoms with van der Waals surface area (Å²) in [5, 5.41) is 0. The Kier molecular flexibility index (Phi) is 7.46. The summed E-state index contributed by atoms with van der Waals surface area (Å²) in [6.45, 7) is -5.53. The lowest BCUT2D eigenvalue weighted by atomic mass is 10.1.